The van der Waals surface area contributed by atoms with E-state index >= 15 is 0 Å². The highest BCUT2D eigenvalue weighted by Gasteiger charge is 2.27. The maximum absolute atomic E-state index is 11.9. The number of halogens is 3. The molecule has 2 rings (SSSR count). The van der Waals surface area contributed by atoms with Crippen LogP contribution in [0.15, 0.2) is 12.5 Å². The first kappa shape index (κ1) is 10.5. The Hall–Kier alpha value is -2.06. The molecule has 0 saturated carbocycles. The molecule has 0 amide bonds. The molecule has 3 N–H and O–H groups in total. The molecular formula is C7H7F3N6. The summed E-state index contributed by atoms with van der Waals surface area (Å²) in [5, 5.41) is 8.12. The summed E-state index contributed by atoms with van der Waals surface area (Å²) in [6.45, 7) is -1.17. The average Bonchev–Trinajstić information content (AvgIpc) is 2.84. The van der Waals surface area contributed by atoms with Crippen LogP contribution in [0.2, 0.25) is 0 Å². The number of imidazole rings is 1. The summed E-state index contributed by atoms with van der Waals surface area (Å²) in [5.41, 5.74) is 0.549. The Labute approximate surface area is 87.3 Å². The smallest absolute Gasteiger partial charge is 0.344 e. The van der Waals surface area contributed by atoms with E-state index in [1.54, 1.807) is 0 Å². The van der Waals surface area contributed by atoms with E-state index in [2.05, 4.69) is 30.5 Å². The summed E-state index contributed by atoms with van der Waals surface area (Å²) in [4.78, 5) is 10.3. The van der Waals surface area contributed by atoms with Crippen LogP contribution in [0.5, 0.6) is 0 Å². The Balaban J connectivity index is 2.03. The van der Waals surface area contributed by atoms with Crippen LogP contribution in [0.4, 0.5) is 19.1 Å². The Morgan fingerprint density at radius 2 is 2.19 bits per heavy atom. The van der Waals surface area contributed by atoms with E-state index in [0.29, 0.717) is 11.5 Å². The molecule has 0 saturated heterocycles. The molecule has 0 aliphatic carbocycles. The van der Waals surface area contributed by atoms with Gasteiger partial charge in [-0.15, -0.1) is 5.10 Å². The zero-order chi connectivity index (χ0) is 11.6. The largest absolute Gasteiger partial charge is 0.405 e. The SMILES string of the molecule is FC(F)(F)CNc1n[nH]c(-c2cnc[nH]2)n1. The van der Waals surface area contributed by atoms with Crippen LogP contribution in [0.1, 0.15) is 0 Å². The van der Waals surface area contributed by atoms with Crippen molar-refractivity contribution in [2.45, 2.75) is 6.18 Å². The van der Waals surface area contributed by atoms with E-state index in [0.717, 1.165) is 0 Å². The van der Waals surface area contributed by atoms with Crippen LogP contribution in [-0.4, -0.2) is 37.9 Å². The third kappa shape index (κ3) is 2.49. The van der Waals surface area contributed by atoms with E-state index in [1.807, 2.05) is 0 Å². The fraction of sp³-hybridized carbons (Fsp3) is 0.286. The number of nitrogens with one attached hydrogen (secondary N) is 3. The van der Waals surface area contributed by atoms with Gasteiger partial charge in [-0.2, -0.15) is 18.2 Å². The second kappa shape index (κ2) is 3.83. The van der Waals surface area contributed by atoms with Gasteiger partial charge in [0.2, 0.25) is 5.95 Å². The zero-order valence-electron chi connectivity index (χ0n) is 7.84. The molecule has 2 aromatic heterocycles. The molecule has 0 fully saturated rings. The van der Waals surface area contributed by atoms with Gasteiger partial charge in [-0.3, -0.25) is 5.10 Å². The lowest BCUT2D eigenvalue weighted by atomic mass is 10.5. The van der Waals surface area contributed by atoms with Crippen LogP contribution in [0, 0.1) is 0 Å². The van der Waals surface area contributed by atoms with Crippen molar-refractivity contribution in [1.82, 2.24) is 25.1 Å². The average molecular weight is 232 g/mol. The first-order valence-corrected chi connectivity index (χ1v) is 4.26. The number of hydrogen-bond donors (Lipinski definition) is 3. The maximum Gasteiger partial charge on any atom is 0.405 e. The number of aromatic amines is 2. The summed E-state index contributed by atoms with van der Waals surface area (Å²) in [7, 11) is 0. The second-order valence-electron chi connectivity index (χ2n) is 2.94. The second-order valence-corrected chi connectivity index (χ2v) is 2.94. The first-order valence-electron chi connectivity index (χ1n) is 4.26. The number of aromatic nitrogens is 5. The number of rotatable bonds is 3. The minimum Gasteiger partial charge on any atom is -0.344 e. The molecule has 86 valence electrons. The Kier molecular flexibility index (Phi) is 2.50. The molecule has 16 heavy (non-hydrogen) atoms. The predicted octanol–water partition coefficient (Wildman–Crippen LogP) is 1.17. The van der Waals surface area contributed by atoms with Gasteiger partial charge in [0.05, 0.1) is 12.5 Å². The number of H-pyrrole nitrogens is 2. The highest BCUT2D eigenvalue weighted by atomic mass is 19.4. The molecule has 0 unspecified atom stereocenters. The molecule has 6 nitrogen and oxygen atoms in total. The summed E-state index contributed by atoms with van der Waals surface area (Å²) in [6.07, 6.45) is -1.39. The van der Waals surface area contributed by atoms with E-state index in [4.69, 9.17) is 0 Å². The van der Waals surface area contributed by atoms with Gasteiger partial charge in [0.1, 0.15) is 12.2 Å². The van der Waals surface area contributed by atoms with Gasteiger partial charge in [-0.05, 0) is 0 Å². The van der Waals surface area contributed by atoms with Crippen molar-refractivity contribution < 1.29 is 13.2 Å². The third-order valence-corrected chi connectivity index (χ3v) is 1.69. The van der Waals surface area contributed by atoms with Crippen LogP contribution in [-0.2, 0) is 0 Å². The summed E-state index contributed by atoms with van der Waals surface area (Å²) in [6, 6.07) is 0. The van der Waals surface area contributed by atoms with Crippen molar-refractivity contribution >= 4 is 5.95 Å². The standard InChI is InChI=1S/C7H7F3N6/c8-7(9,10)2-12-6-14-5(15-16-6)4-1-11-3-13-4/h1,3H,2H2,(H,11,13)(H2,12,14,15,16). The molecule has 0 aliphatic rings. The minimum absolute atomic E-state index is 0.109. The molecule has 0 spiro atoms. The molecule has 2 heterocycles. The number of nitrogens with zero attached hydrogens (tertiary/aromatic N) is 3. The maximum atomic E-state index is 11.9. The van der Waals surface area contributed by atoms with Crippen LogP contribution in [0.3, 0.4) is 0 Å². The zero-order valence-corrected chi connectivity index (χ0v) is 7.84. The van der Waals surface area contributed by atoms with Gasteiger partial charge in [0, 0.05) is 0 Å². The fourth-order valence-electron chi connectivity index (χ4n) is 1.03. The normalized spacial score (nSPS) is 11.7. The topological polar surface area (TPSA) is 82.3 Å². The molecule has 0 radical (unpaired) electrons. The molecule has 0 atom stereocenters. The van der Waals surface area contributed by atoms with Crippen molar-refractivity contribution in [2.75, 3.05) is 11.9 Å². The molecule has 0 aliphatic heterocycles. The predicted molar refractivity (Wildman–Crippen MR) is 48.5 cm³/mol. The van der Waals surface area contributed by atoms with E-state index in [9.17, 15) is 13.2 Å². The van der Waals surface area contributed by atoms with Gasteiger partial charge in [0.15, 0.2) is 5.82 Å². The van der Waals surface area contributed by atoms with Crippen molar-refractivity contribution in [3.05, 3.63) is 12.5 Å². The van der Waals surface area contributed by atoms with Crippen LogP contribution in [0.25, 0.3) is 11.5 Å². The summed E-state index contributed by atoms with van der Waals surface area (Å²) in [5.74, 6) is 0.212. The van der Waals surface area contributed by atoms with E-state index < -0.39 is 12.7 Å². The molecule has 0 aromatic carbocycles. The molecule has 9 heteroatoms. The monoisotopic (exact) mass is 232 g/mol. The lowest BCUT2D eigenvalue weighted by Gasteiger charge is -2.04. The molecule has 2 aromatic rings. The first-order chi connectivity index (χ1) is 7.54. The van der Waals surface area contributed by atoms with E-state index in [-0.39, 0.29) is 5.95 Å². The van der Waals surface area contributed by atoms with Crippen LogP contribution >= 0.6 is 0 Å². The van der Waals surface area contributed by atoms with Gasteiger partial charge in [-0.1, -0.05) is 0 Å². The fourth-order valence-corrected chi connectivity index (χ4v) is 1.03. The number of alkyl halides is 3. The molecule has 0 bridgehead atoms. The minimum atomic E-state index is -4.30. The van der Waals surface area contributed by atoms with Crippen LogP contribution < -0.4 is 5.32 Å². The van der Waals surface area contributed by atoms with E-state index in [1.165, 1.54) is 12.5 Å². The Morgan fingerprint density at radius 3 is 2.81 bits per heavy atom. The van der Waals surface area contributed by atoms with Gasteiger partial charge >= 0.3 is 6.18 Å². The van der Waals surface area contributed by atoms with Crippen molar-refractivity contribution in [3.8, 4) is 11.5 Å². The van der Waals surface area contributed by atoms with Gasteiger partial charge < -0.3 is 10.3 Å². The lowest BCUT2D eigenvalue weighted by Crippen LogP contribution is -2.21. The third-order valence-electron chi connectivity index (χ3n) is 1.69. The number of hydrogen-bond acceptors (Lipinski definition) is 4. The Morgan fingerprint density at radius 1 is 1.38 bits per heavy atom. The van der Waals surface area contributed by atoms with Gasteiger partial charge in [0.25, 0.3) is 0 Å². The lowest BCUT2D eigenvalue weighted by molar-refractivity contribution is -0.115. The summed E-state index contributed by atoms with van der Waals surface area (Å²) < 4.78 is 35.6. The van der Waals surface area contributed by atoms with Crippen molar-refractivity contribution in [1.29, 1.82) is 0 Å². The van der Waals surface area contributed by atoms with Crippen molar-refractivity contribution in [2.24, 2.45) is 0 Å². The quantitative estimate of drug-likeness (QED) is 0.741. The number of anilines is 1. The summed E-state index contributed by atoms with van der Waals surface area (Å²) >= 11 is 0. The van der Waals surface area contributed by atoms with Crippen molar-refractivity contribution in [3.63, 3.8) is 0 Å². The Bertz CT molecular complexity index is 445. The highest BCUT2D eigenvalue weighted by Crippen LogP contribution is 2.16. The molecular weight excluding hydrogens is 225 g/mol. The highest BCUT2D eigenvalue weighted by molar-refractivity contribution is 5.48. The van der Waals surface area contributed by atoms with Gasteiger partial charge in [-0.25, -0.2) is 4.98 Å².